The number of hydrogen-bond donors (Lipinski definition) is 1. The Balaban J connectivity index is 4.04. The molecule has 0 heterocycles. The van der Waals surface area contributed by atoms with Gasteiger partial charge in [-0.25, -0.2) is 5.84 Å². The van der Waals surface area contributed by atoms with Crippen LogP contribution >= 0.6 is 0 Å². The van der Waals surface area contributed by atoms with E-state index in [0.717, 1.165) is 6.42 Å². The first-order chi connectivity index (χ1) is 4.57. The van der Waals surface area contributed by atoms with Crippen molar-refractivity contribution in [3.8, 4) is 0 Å². The summed E-state index contributed by atoms with van der Waals surface area (Å²) in [5.74, 6) is 6.07. The van der Waals surface area contributed by atoms with Crippen molar-refractivity contribution in [2.24, 2.45) is 11.8 Å². The third-order valence-corrected chi connectivity index (χ3v) is 1.52. The minimum Gasteiger partial charge on any atom is -0.321 e. The summed E-state index contributed by atoms with van der Waals surface area (Å²) in [6, 6.07) is 0. The van der Waals surface area contributed by atoms with Crippen LogP contribution < -0.4 is 5.84 Å². The number of allylic oxidation sites excluding steroid dienone is 1. The molecule has 0 aliphatic carbocycles. The van der Waals surface area contributed by atoms with Gasteiger partial charge in [0.2, 0.25) is 0 Å². The van der Waals surface area contributed by atoms with Crippen LogP contribution in [0.2, 0.25) is 0 Å². The maximum Gasteiger partial charge on any atom is 0.0222 e. The van der Waals surface area contributed by atoms with E-state index in [4.69, 9.17) is 5.84 Å². The fourth-order valence-corrected chi connectivity index (χ4v) is 0.910. The van der Waals surface area contributed by atoms with Crippen LogP contribution in [0.15, 0.2) is 11.8 Å². The lowest BCUT2D eigenvalue weighted by atomic mass is 10.0. The second-order valence-electron chi connectivity index (χ2n) is 2.88. The van der Waals surface area contributed by atoms with Gasteiger partial charge in [-0.15, -0.1) is 0 Å². The molecule has 2 N–H and O–H groups in total. The normalized spacial score (nSPS) is 12.4. The summed E-state index contributed by atoms with van der Waals surface area (Å²) in [6.45, 7) is 6.51. The maximum atomic E-state index is 5.46. The monoisotopic (exact) mass is 142 g/mol. The van der Waals surface area contributed by atoms with Crippen molar-refractivity contribution in [2.45, 2.75) is 27.2 Å². The van der Waals surface area contributed by atoms with Crippen molar-refractivity contribution < 1.29 is 0 Å². The van der Waals surface area contributed by atoms with E-state index in [2.05, 4.69) is 20.8 Å². The third-order valence-electron chi connectivity index (χ3n) is 1.52. The molecule has 0 rings (SSSR count). The van der Waals surface area contributed by atoms with Gasteiger partial charge in [-0.05, 0) is 12.3 Å². The molecule has 0 aromatic heterocycles. The molecule has 0 atom stereocenters. The topological polar surface area (TPSA) is 29.3 Å². The zero-order valence-electron chi connectivity index (χ0n) is 7.39. The maximum absolute atomic E-state index is 5.46. The van der Waals surface area contributed by atoms with Gasteiger partial charge >= 0.3 is 0 Å². The molecule has 0 aliphatic rings. The van der Waals surface area contributed by atoms with Crippen molar-refractivity contribution in [2.75, 3.05) is 7.05 Å². The molecule has 0 radical (unpaired) electrons. The van der Waals surface area contributed by atoms with Gasteiger partial charge in [0.15, 0.2) is 0 Å². The van der Waals surface area contributed by atoms with Gasteiger partial charge in [-0.3, -0.25) is 0 Å². The Morgan fingerprint density at radius 1 is 1.60 bits per heavy atom. The van der Waals surface area contributed by atoms with Gasteiger partial charge in [0.05, 0.1) is 0 Å². The predicted molar refractivity (Wildman–Crippen MR) is 45.2 cm³/mol. The van der Waals surface area contributed by atoms with E-state index in [1.54, 1.807) is 5.01 Å². The zero-order valence-corrected chi connectivity index (χ0v) is 7.39. The summed E-state index contributed by atoms with van der Waals surface area (Å²) in [5, 5.41) is 1.61. The van der Waals surface area contributed by atoms with Crippen molar-refractivity contribution in [1.82, 2.24) is 5.01 Å². The molecule has 0 fully saturated rings. The van der Waals surface area contributed by atoms with Gasteiger partial charge in [0, 0.05) is 13.2 Å². The quantitative estimate of drug-likeness (QED) is 0.480. The van der Waals surface area contributed by atoms with E-state index in [1.807, 2.05) is 13.2 Å². The lowest BCUT2D eigenvalue weighted by molar-refractivity contribution is 0.471. The highest BCUT2D eigenvalue weighted by Gasteiger charge is 1.99. The summed E-state index contributed by atoms with van der Waals surface area (Å²) in [5.41, 5.74) is 1.39. The van der Waals surface area contributed by atoms with Crippen LogP contribution in [0.5, 0.6) is 0 Å². The van der Waals surface area contributed by atoms with Gasteiger partial charge in [0.1, 0.15) is 0 Å². The van der Waals surface area contributed by atoms with Crippen molar-refractivity contribution >= 4 is 0 Å². The van der Waals surface area contributed by atoms with E-state index >= 15 is 0 Å². The molecule has 0 amide bonds. The first-order valence-corrected chi connectivity index (χ1v) is 3.76. The average Bonchev–Trinajstić information content (AvgIpc) is 1.81. The molecule has 0 aromatic rings. The highest BCUT2D eigenvalue weighted by molar-refractivity contribution is 5.02. The second kappa shape index (κ2) is 4.34. The molecule has 60 valence electrons. The molecule has 2 nitrogen and oxygen atoms in total. The second-order valence-corrected chi connectivity index (χ2v) is 2.88. The number of nitrogens with two attached hydrogens (primary N) is 1. The molecule has 0 aliphatic heterocycles. The molecular formula is C8H18N2. The minimum atomic E-state index is 0.607. The molecule has 0 saturated heterocycles. The Morgan fingerprint density at radius 2 is 2.10 bits per heavy atom. The molecular weight excluding hydrogens is 124 g/mol. The minimum absolute atomic E-state index is 0.607. The van der Waals surface area contributed by atoms with Crippen LogP contribution in [-0.4, -0.2) is 12.1 Å². The highest BCUT2D eigenvalue weighted by atomic mass is 15.4. The van der Waals surface area contributed by atoms with E-state index in [-0.39, 0.29) is 0 Å². The Hall–Kier alpha value is -0.500. The number of hydrogen-bond acceptors (Lipinski definition) is 2. The van der Waals surface area contributed by atoms with Crippen LogP contribution in [0.4, 0.5) is 0 Å². The summed E-state index contributed by atoms with van der Waals surface area (Å²) >= 11 is 0. The number of nitrogens with zero attached hydrogens (tertiary/aromatic N) is 1. The summed E-state index contributed by atoms with van der Waals surface area (Å²) in [4.78, 5) is 0. The van der Waals surface area contributed by atoms with Gasteiger partial charge < -0.3 is 5.01 Å². The first kappa shape index (κ1) is 9.50. The van der Waals surface area contributed by atoms with Gasteiger partial charge in [-0.2, -0.15) is 0 Å². The summed E-state index contributed by atoms with van der Waals surface area (Å²) in [7, 11) is 1.85. The molecule has 10 heavy (non-hydrogen) atoms. The van der Waals surface area contributed by atoms with Gasteiger partial charge in [-0.1, -0.05) is 26.3 Å². The van der Waals surface area contributed by atoms with Crippen molar-refractivity contribution in [1.29, 1.82) is 0 Å². The average molecular weight is 142 g/mol. The molecule has 2 heteroatoms. The van der Waals surface area contributed by atoms with E-state index < -0.39 is 0 Å². The fourth-order valence-electron chi connectivity index (χ4n) is 0.910. The van der Waals surface area contributed by atoms with Crippen molar-refractivity contribution in [3.05, 3.63) is 11.8 Å². The standard InChI is InChI=1S/C8H18N2/c1-5-8(7(2)3)6-10(4)9/h6-7H,5,9H2,1-4H3/b8-6+. The molecule has 0 spiro atoms. The SMILES string of the molecule is CC/C(=C\N(C)N)C(C)C. The highest BCUT2D eigenvalue weighted by Crippen LogP contribution is 2.12. The first-order valence-electron chi connectivity index (χ1n) is 3.76. The Kier molecular flexibility index (Phi) is 4.12. The van der Waals surface area contributed by atoms with E-state index in [1.165, 1.54) is 5.57 Å². The number of hydrazine groups is 1. The van der Waals surface area contributed by atoms with Gasteiger partial charge in [0.25, 0.3) is 0 Å². The Morgan fingerprint density at radius 3 is 2.20 bits per heavy atom. The number of rotatable bonds is 3. The lowest BCUT2D eigenvalue weighted by Gasteiger charge is -2.12. The van der Waals surface area contributed by atoms with Crippen LogP contribution in [0.25, 0.3) is 0 Å². The largest absolute Gasteiger partial charge is 0.321 e. The van der Waals surface area contributed by atoms with E-state index in [9.17, 15) is 0 Å². The lowest BCUT2D eigenvalue weighted by Crippen LogP contribution is -2.20. The molecule has 0 saturated carbocycles. The smallest absolute Gasteiger partial charge is 0.0222 e. The van der Waals surface area contributed by atoms with Crippen molar-refractivity contribution in [3.63, 3.8) is 0 Å². The van der Waals surface area contributed by atoms with Crippen LogP contribution in [-0.2, 0) is 0 Å². The molecule has 0 unspecified atom stereocenters. The molecule has 0 aromatic carbocycles. The Bertz CT molecular complexity index is 114. The van der Waals surface area contributed by atoms with E-state index in [0.29, 0.717) is 5.92 Å². The molecule has 0 bridgehead atoms. The third kappa shape index (κ3) is 3.51. The summed E-state index contributed by atoms with van der Waals surface area (Å²) in [6.07, 6.45) is 3.07. The van der Waals surface area contributed by atoms with Crippen LogP contribution in [0, 0.1) is 5.92 Å². The fraction of sp³-hybridized carbons (Fsp3) is 0.750. The summed E-state index contributed by atoms with van der Waals surface area (Å²) < 4.78 is 0. The van der Waals surface area contributed by atoms with Crippen LogP contribution in [0.1, 0.15) is 27.2 Å². The Labute approximate surface area is 63.7 Å². The van der Waals surface area contributed by atoms with Crippen LogP contribution in [0.3, 0.4) is 0 Å². The zero-order chi connectivity index (χ0) is 8.15. The predicted octanol–water partition coefficient (Wildman–Crippen LogP) is 1.74.